The SMILES string of the molecule is C/C(CCc1ccccc1)=N/NC(=O)CN(Cc1ccco1)S(=O)(=O)c1ccccc1. The number of nitrogens with zero attached hydrogens (tertiary/aromatic N) is 2. The zero-order chi connectivity index (χ0) is 22.1. The molecule has 0 spiro atoms. The number of carbonyl (C=O) groups is 1. The molecule has 0 bridgehead atoms. The summed E-state index contributed by atoms with van der Waals surface area (Å²) in [5, 5.41) is 4.12. The van der Waals surface area contributed by atoms with Crippen LogP contribution < -0.4 is 5.43 Å². The monoisotopic (exact) mass is 439 g/mol. The third-order valence-electron chi connectivity index (χ3n) is 4.60. The van der Waals surface area contributed by atoms with E-state index in [0.717, 1.165) is 16.4 Å². The van der Waals surface area contributed by atoms with Gasteiger partial charge in [-0.3, -0.25) is 4.79 Å². The van der Waals surface area contributed by atoms with E-state index in [2.05, 4.69) is 10.5 Å². The number of furan rings is 1. The Morgan fingerprint density at radius 2 is 1.68 bits per heavy atom. The Labute approximate surface area is 182 Å². The summed E-state index contributed by atoms with van der Waals surface area (Å²) in [5.74, 6) is -0.0834. The summed E-state index contributed by atoms with van der Waals surface area (Å²) < 4.78 is 32.5. The van der Waals surface area contributed by atoms with Gasteiger partial charge in [0.25, 0.3) is 5.91 Å². The van der Waals surface area contributed by atoms with Gasteiger partial charge in [-0.15, -0.1) is 0 Å². The number of carbonyl (C=O) groups excluding carboxylic acids is 1. The third kappa shape index (κ3) is 6.63. The molecule has 0 atom stereocenters. The van der Waals surface area contributed by atoms with Crippen molar-refractivity contribution in [2.24, 2.45) is 5.10 Å². The molecule has 0 saturated carbocycles. The molecule has 8 heteroatoms. The highest BCUT2D eigenvalue weighted by molar-refractivity contribution is 7.89. The lowest BCUT2D eigenvalue weighted by molar-refractivity contribution is -0.121. The first-order valence-electron chi connectivity index (χ1n) is 9.88. The number of hydrogen-bond donors (Lipinski definition) is 1. The van der Waals surface area contributed by atoms with Crippen molar-refractivity contribution in [1.82, 2.24) is 9.73 Å². The van der Waals surface area contributed by atoms with E-state index in [1.54, 1.807) is 30.3 Å². The molecule has 1 N–H and O–H groups in total. The van der Waals surface area contributed by atoms with Crippen molar-refractivity contribution >= 4 is 21.6 Å². The lowest BCUT2D eigenvalue weighted by atomic mass is 10.1. The third-order valence-corrected chi connectivity index (χ3v) is 6.41. The van der Waals surface area contributed by atoms with Crippen LogP contribution in [0.4, 0.5) is 0 Å². The average Bonchev–Trinajstić information content (AvgIpc) is 3.30. The summed E-state index contributed by atoms with van der Waals surface area (Å²) in [5.41, 5.74) is 4.40. The van der Waals surface area contributed by atoms with E-state index < -0.39 is 15.9 Å². The molecule has 162 valence electrons. The molecular weight excluding hydrogens is 414 g/mol. The molecule has 0 radical (unpaired) electrons. The predicted molar refractivity (Wildman–Crippen MR) is 119 cm³/mol. The Morgan fingerprint density at radius 3 is 2.32 bits per heavy atom. The highest BCUT2D eigenvalue weighted by Gasteiger charge is 2.27. The minimum Gasteiger partial charge on any atom is -0.468 e. The number of benzene rings is 2. The molecule has 1 amide bonds. The second kappa shape index (κ2) is 10.7. The Kier molecular flexibility index (Phi) is 7.75. The number of amides is 1. The van der Waals surface area contributed by atoms with Gasteiger partial charge < -0.3 is 4.42 Å². The average molecular weight is 440 g/mol. The van der Waals surface area contributed by atoms with E-state index in [4.69, 9.17) is 4.42 Å². The van der Waals surface area contributed by atoms with Crippen molar-refractivity contribution in [3.63, 3.8) is 0 Å². The van der Waals surface area contributed by atoms with Crippen molar-refractivity contribution in [3.8, 4) is 0 Å². The van der Waals surface area contributed by atoms with E-state index in [1.165, 1.54) is 24.0 Å². The summed E-state index contributed by atoms with van der Waals surface area (Å²) in [4.78, 5) is 12.6. The van der Waals surface area contributed by atoms with Gasteiger partial charge in [0.2, 0.25) is 10.0 Å². The van der Waals surface area contributed by atoms with Crippen LogP contribution in [0.25, 0.3) is 0 Å². The van der Waals surface area contributed by atoms with Crippen molar-refractivity contribution < 1.29 is 17.6 Å². The Bertz CT molecular complexity index is 1100. The molecule has 3 rings (SSSR count). The lowest BCUT2D eigenvalue weighted by Crippen LogP contribution is -2.39. The summed E-state index contributed by atoms with van der Waals surface area (Å²) in [6, 6.07) is 21.3. The van der Waals surface area contributed by atoms with E-state index in [1.807, 2.05) is 37.3 Å². The first-order valence-corrected chi connectivity index (χ1v) is 11.3. The molecule has 31 heavy (non-hydrogen) atoms. The molecular formula is C23H25N3O4S. The van der Waals surface area contributed by atoms with Crippen LogP contribution in [0.3, 0.4) is 0 Å². The van der Waals surface area contributed by atoms with Crippen LogP contribution in [-0.4, -0.2) is 30.9 Å². The number of hydrogen-bond acceptors (Lipinski definition) is 5. The zero-order valence-corrected chi connectivity index (χ0v) is 18.1. The molecule has 3 aromatic rings. The maximum Gasteiger partial charge on any atom is 0.255 e. The number of sulfonamides is 1. The van der Waals surface area contributed by atoms with Crippen molar-refractivity contribution in [3.05, 3.63) is 90.4 Å². The fourth-order valence-electron chi connectivity index (χ4n) is 2.92. The van der Waals surface area contributed by atoms with Gasteiger partial charge >= 0.3 is 0 Å². The normalized spacial score (nSPS) is 12.1. The molecule has 0 saturated heterocycles. The minimum absolute atomic E-state index is 0.0612. The van der Waals surface area contributed by atoms with Crippen LogP contribution >= 0.6 is 0 Å². The molecule has 1 heterocycles. The van der Waals surface area contributed by atoms with Gasteiger partial charge in [-0.25, -0.2) is 13.8 Å². The second-order valence-electron chi connectivity index (χ2n) is 7.03. The first-order chi connectivity index (χ1) is 14.9. The fourth-order valence-corrected chi connectivity index (χ4v) is 4.31. The quantitative estimate of drug-likeness (QED) is 0.386. The maximum atomic E-state index is 13.1. The van der Waals surface area contributed by atoms with Gasteiger partial charge in [-0.05, 0) is 49.6 Å². The maximum absolute atomic E-state index is 13.1. The number of aryl methyl sites for hydroxylation is 1. The summed E-state index contributed by atoms with van der Waals surface area (Å²) >= 11 is 0. The molecule has 0 aliphatic rings. The molecule has 0 fully saturated rings. The van der Waals surface area contributed by atoms with Crippen LogP contribution in [-0.2, 0) is 27.8 Å². The molecule has 0 unspecified atom stereocenters. The van der Waals surface area contributed by atoms with Crippen LogP contribution in [0.1, 0.15) is 24.7 Å². The standard InChI is InChI=1S/C23H25N3O4S/c1-19(14-15-20-9-4-2-5-10-20)24-25-23(27)18-26(17-21-11-8-16-30-21)31(28,29)22-12-6-3-7-13-22/h2-13,16H,14-15,17-18H2,1H3,(H,25,27)/b24-19-. The highest BCUT2D eigenvalue weighted by Crippen LogP contribution is 2.18. The Hall–Kier alpha value is -3.23. The zero-order valence-electron chi connectivity index (χ0n) is 17.3. The van der Waals surface area contributed by atoms with E-state index in [-0.39, 0.29) is 18.0 Å². The van der Waals surface area contributed by atoms with Crippen molar-refractivity contribution in [1.29, 1.82) is 0 Å². The summed E-state index contributed by atoms with van der Waals surface area (Å²) in [6.07, 6.45) is 2.95. The van der Waals surface area contributed by atoms with Gasteiger partial charge in [-0.2, -0.15) is 9.41 Å². The van der Waals surface area contributed by atoms with Crippen LogP contribution in [0, 0.1) is 0 Å². The number of nitrogens with one attached hydrogen (secondary N) is 1. The molecule has 7 nitrogen and oxygen atoms in total. The summed E-state index contributed by atoms with van der Waals surface area (Å²) in [6.45, 7) is 1.38. The smallest absolute Gasteiger partial charge is 0.255 e. The predicted octanol–water partition coefficient (Wildman–Crippen LogP) is 3.60. The molecule has 1 aromatic heterocycles. The fraction of sp³-hybridized carbons (Fsp3) is 0.217. The van der Waals surface area contributed by atoms with E-state index >= 15 is 0 Å². The Morgan fingerprint density at radius 1 is 1.00 bits per heavy atom. The van der Waals surface area contributed by atoms with E-state index in [0.29, 0.717) is 12.2 Å². The van der Waals surface area contributed by atoms with Crippen molar-refractivity contribution in [2.45, 2.75) is 31.2 Å². The van der Waals surface area contributed by atoms with Crippen LogP contribution in [0.15, 0.2) is 93.5 Å². The highest BCUT2D eigenvalue weighted by atomic mass is 32.2. The van der Waals surface area contributed by atoms with Crippen molar-refractivity contribution in [2.75, 3.05) is 6.54 Å². The largest absolute Gasteiger partial charge is 0.468 e. The number of hydrazone groups is 1. The van der Waals surface area contributed by atoms with Gasteiger partial charge in [0, 0.05) is 5.71 Å². The Balaban J connectivity index is 1.65. The molecule has 0 aliphatic carbocycles. The van der Waals surface area contributed by atoms with Crippen LogP contribution in [0.2, 0.25) is 0 Å². The van der Waals surface area contributed by atoms with E-state index in [9.17, 15) is 13.2 Å². The minimum atomic E-state index is -3.89. The first kappa shape index (κ1) is 22.5. The van der Waals surface area contributed by atoms with Gasteiger partial charge in [0.1, 0.15) is 5.76 Å². The topological polar surface area (TPSA) is 92.0 Å². The van der Waals surface area contributed by atoms with Gasteiger partial charge in [0.15, 0.2) is 0 Å². The van der Waals surface area contributed by atoms with Gasteiger partial charge in [0.05, 0.1) is 24.2 Å². The molecule has 2 aromatic carbocycles. The summed E-state index contributed by atoms with van der Waals surface area (Å²) in [7, 11) is -3.89. The number of rotatable bonds is 10. The second-order valence-corrected chi connectivity index (χ2v) is 8.97. The van der Waals surface area contributed by atoms with Crippen LogP contribution in [0.5, 0.6) is 0 Å². The van der Waals surface area contributed by atoms with Gasteiger partial charge in [-0.1, -0.05) is 48.5 Å². The molecule has 0 aliphatic heterocycles. The lowest BCUT2D eigenvalue weighted by Gasteiger charge is -2.20.